The monoisotopic (exact) mass is 265 g/mol. The first-order valence-electron chi connectivity index (χ1n) is 6.02. The van der Waals surface area contributed by atoms with Crippen molar-refractivity contribution in [2.45, 2.75) is 13.3 Å². The summed E-state index contributed by atoms with van der Waals surface area (Å²) >= 11 is 0. The number of rotatable bonds is 6. The Morgan fingerprint density at radius 3 is 2.89 bits per heavy atom. The van der Waals surface area contributed by atoms with Crippen LogP contribution in [0, 0.1) is 0 Å². The molecule has 104 valence electrons. The number of nitrogens with zero attached hydrogens (tertiary/aromatic N) is 2. The van der Waals surface area contributed by atoms with Gasteiger partial charge in [0.05, 0.1) is 13.0 Å². The number of hydrogen-bond donors (Lipinski definition) is 2. The third kappa shape index (κ3) is 4.26. The number of amides is 1. The second-order valence-electron chi connectivity index (χ2n) is 3.94. The molecular formula is C13H19N3O3. The van der Waals surface area contributed by atoms with Gasteiger partial charge in [0.15, 0.2) is 5.84 Å². The Bertz CT molecular complexity index is 460. The highest BCUT2D eigenvalue weighted by atomic mass is 16.5. The van der Waals surface area contributed by atoms with Crippen LogP contribution >= 0.6 is 0 Å². The molecule has 0 fully saturated rings. The topological polar surface area (TPSA) is 88.2 Å². The lowest BCUT2D eigenvalue weighted by molar-refractivity contribution is -0.119. The summed E-state index contributed by atoms with van der Waals surface area (Å²) in [5, 5.41) is 11.6. The first-order valence-corrected chi connectivity index (χ1v) is 6.02. The standard InChI is InChI=1S/C13H19N3O3/c1-3-19-8-7-12(17)16(2)11-6-4-5-10(9-11)13(14)15-18/h4-6,9,18H,3,7-8H2,1-2H3,(H2,14,15). The van der Waals surface area contributed by atoms with Crippen LogP contribution in [0.5, 0.6) is 0 Å². The highest BCUT2D eigenvalue weighted by Gasteiger charge is 2.11. The lowest BCUT2D eigenvalue weighted by Gasteiger charge is -2.18. The number of carbonyl (C=O) groups excluding carboxylic acids is 1. The van der Waals surface area contributed by atoms with Crippen molar-refractivity contribution in [2.75, 3.05) is 25.2 Å². The zero-order valence-electron chi connectivity index (χ0n) is 11.2. The molecule has 0 spiro atoms. The maximum atomic E-state index is 11.9. The molecule has 0 unspecified atom stereocenters. The Balaban J connectivity index is 2.76. The summed E-state index contributed by atoms with van der Waals surface area (Å²) in [5.41, 5.74) is 6.76. The minimum atomic E-state index is -0.0508. The molecule has 0 saturated carbocycles. The van der Waals surface area contributed by atoms with Crippen LogP contribution in [0.2, 0.25) is 0 Å². The summed E-state index contributed by atoms with van der Waals surface area (Å²) in [7, 11) is 1.68. The predicted molar refractivity (Wildman–Crippen MR) is 73.5 cm³/mol. The Morgan fingerprint density at radius 1 is 1.53 bits per heavy atom. The van der Waals surface area contributed by atoms with Crippen molar-refractivity contribution in [1.29, 1.82) is 0 Å². The fourth-order valence-corrected chi connectivity index (χ4v) is 1.55. The molecule has 0 aliphatic rings. The Kier molecular flexibility index (Phi) is 5.81. The normalized spacial score (nSPS) is 11.4. The summed E-state index contributed by atoms with van der Waals surface area (Å²) in [6.45, 7) is 2.88. The van der Waals surface area contributed by atoms with E-state index < -0.39 is 0 Å². The first-order chi connectivity index (χ1) is 9.10. The number of hydrogen-bond acceptors (Lipinski definition) is 4. The van der Waals surface area contributed by atoms with Crippen LogP contribution in [-0.2, 0) is 9.53 Å². The summed E-state index contributed by atoms with van der Waals surface area (Å²) in [6.07, 6.45) is 0.318. The zero-order valence-corrected chi connectivity index (χ0v) is 11.2. The molecule has 6 nitrogen and oxygen atoms in total. The van der Waals surface area contributed by atoms with Crippen molar-refractivity contribution in [3.05, 3.63) is 29.8 Å². The van der Waals surface area contributed by atoms with E-state index in [2.05, 4.69) is 5.16 Å². The van der Waals surface area contributed by atoms with Gasteiger partial charge in [-0.15, -0.1) is 0 Å². The van der Waals surface area contributed by atoms with Crippen LogP contribution in [-0.4, -0.2) is 37.2 Å². The second-order valence-corrected chi connectivity index (χ2v) is 3.94. The van der Waals surface area contributed by atoms with Crippen LogP contribution < -0.4 is 10.6 Å². The van der Waals surface area contributed by atoms with Crippen LogP contribution in [0.3, 0.4) is 0 Å². The number of amidine groups is 1. The van der Waals surface area contributed by atoms with Crippen LogP contribution in [0.4, 0.5) is 5.69 Å². The van der Waals surface area contributed by atoms with Gasteiger partial charge in [-0.1, -0.05) is 17.3 Å². The molecule has 0 aliphatic carbocycles. The number of nitrogens with two attached hydrogens (primary N) is 1. The van der Waals surface area contributed by atoms with Gasteiger partial charge in [-0.05, 0) is 19.1 Å². The summed E-state index contributed by atoms with van der Waals surface area (Å²) in [6, 6.07) is 6.92. The van der Waals surface area contributed by atoms with E-state index in [0.29, 0.717) is 30.9 Å². The second kappa shape index (κ2) is 7.38. The first kappa shape index (κ1) is 15.0. The number of oxime groups is 1. The minimum absolute atomic E-state index is 0.0111. The van der Waals surface area contributed by atoms with Crippen molar-refractivity contribution < 1.29 is 14.7 Å². The Morgan fingerprint density at radius 2 is 2.26 bits per heavy atom. The van der Waals surface area contributed by atoms with E-state index in [-0.39, 0.29) is 11.7 Å². The van der Waals surface area contributed by atoms with Crippen LogP contribution in [0.15, 0.2) is 29.4 Å². The van der Waals surface area contributed by atoms with Gasteiger partial charge >= 0.3 is 0 Å². The highest BCUT2D eigenvalue weighted by molar-refractivity contribution is 5.99. The zero-order chi connectivity index (χ0) is 14.3. The highest BCUT2D eigenvalue weighted by Crippen LogP contribution is 2.15. The third-order valence-corrected chi connectivity index (χ3v) is 2.68. The molecular weight excluding hydrogens is 246 g/mol. The van der Waals surface area contributed by atoms with E-state index in [4.69, 9.17) is 15.7 Å². The van der Waals surface area contributed by atoms with Gasteiger partial charge in [-0.25, -0.2) is 0 Å². The van der Waals surface area contributed by atoms with Gasteiger partial charge in [0.25, 0.3) is 0 Å². The fraction of sp³-hybridized carbons (Fsp3) is 0.385. The van der Waals surface area contributed by atoms with Gasteiger partial charge < -0.3 is 20.6 Å². The predicted octanol–water partition coefficient (Wildman–Crippen LogP) is 1.17. The van der Waals surface area contributed by atoms with E-state index in [1.165, 1.54) is 4.90 Å². The minimum Gasteiger partial charge on any atom is -0.409 e. The Labute approximate surface area is 112 Å². The van der Waals surface area contributed by atoms with Gasteiger partial charge in [-0.3, -0.25) is 4.79 Å². The molecule has 1 aromatic carbocycles. The van der Waals surface area contributed by atoms with Crippen molar-refractivity contribution in [3.8, 4) is 0 Å². The lowest BCUT2D eigenvalue weighted by atomic mass is 10.1. The molecule has 0 aliphatic heterocycles. The van der Waals surface area contributed by atoms with Gasteiger partial charge in [-0.2, -0.15) is 0 Å². The number of ether oxygens (including phenoxy) is 1. The molecule has 6 heteroatoms. The SMILES string of the molecule is CCOCCC(=O)N(C)c1cccc(C(N)=NO)c1. The van der Waals surface area contributed by atoms with Crippen molar-refractivity contribution in [1.82, 2.24) is 0 Å². The van der Waals surface area contributed by atoms with E-state index in [0.717, 1.165) is 0 Å². The fourth-order valence-electron chi connectivity index (χ4n) is 1.55. The number of carbonyl (C=O) groups is 1. The molecule has 0 heterocycles. The largest absolute Gasteiger partial charge is 0.409 e. The maximum absolute atomic E-state index is 11.9. The molecule has 0 bridgehead atoms. The van der Waals surface area contributed by atoms with Crippen molar-refractivity contribution in [2.24, 2.45) is 10.9 Å². The molecule has 0 radical (unpaired) electrons. The summed E-state index contributed by atoms with van der Waals surface area (Å²) in [5.74, 6) is -0.0397. The van der Waals surface area contributed by atoms with Crippen molar-refractivity contribution in [3.63, 3.8) is 0 Å². The van der Waals surface area contributed by atoms with Gasteiger partial charge in [0, 0.05) is 24.9 Å². The van der Waals surface area contributed by atoms with E-state index in [1.54, 1.807) is 31.3 Å². The molecule has 3 N–H and O–H groups in total. The molecule has 0 aromatic heterocycles. The molecule has 0 saturated heterocycles. The lowest BCUT2D eigenvalue weighted by Crippen LogP contribution is -2.27. The number of anilines is 1. The molecule has 1 aromatic rings. The van der Waals surface area contributed by atoms with Crippen LogP contribution in [0.25, 0.3) is 0 Å². The van der Waals surface area contributed by atoms with E-state index in [1.807, 2.05) is 6.92 Å². The summed E-state index contributed by atoms with van der Waals surface area (Å²) in [4.78, 5) is 13.4. The third-order valence-electron chi connectivity index (χ3n) is 2.68. The smallest absolute Gasteiger partial charge is 0.229 e. The van der Waals surface area contributed by atoms with E-state index >= 15 is 0 Å². The summed E-state index contributed by atoms with van der Waals surface area (Å²) < 4.78 is 5.15. The van der Waals surface area contributed by atoms with E-state index in [9.17, 15) is 4.79 Å². The molecule has 19 heavy (non-hydrogen) atoms. The van der Waals surface area contributed by atoms with Crippen LogP contribution in [0.1, 0.15) is 18.9 Å². The molecule has 0 atom stereocenters. The van der Waals surface area contributed by atoms with Gasteiger partial charge in [0.1, 0.15) is 0 Å². The van der Waals surface area contributed by atoms with Gasteiger partial charge in [0.2, 0.25) is 5.91 Å². The molecule has 1 amide bonds. The van der Waals surface area contributed by atoms with Crippen molar-refractivity contribution >= 4 is 17.4 Å². The maximum Gasteiger partial charge on any atom is 0.229 e. The molecule has 1 rings (SSSR count). The average Bonchev–Trinajstić information content (AvgIpc) is 2.45. The Hall–Kier alpha value is -2.08. The average molecular weight is 265 g/mol. The number of benzene rings is 1. The quantitative estimate of drug-likeness (QED) is 0.266.